The van der Waals surface area contributed by atoms with Gasteiger partial charge in [0.05, 0.1) is 0 Å². The molecule has 0 spiro atoms. The minimum atomic E-state index is 0.117. The second-order valence-corrected chi connectivity index (χ2v) is 8.88. The van der Waals surface area contributed by atoms with Crippen molar-refractivity contribution in [2.24, 2.45) is 0 Å². The Hall–Kier alpha value is -3.85. The number of hydrogen-bond acceptors (Lipinski definition) is 3. The van der Waals surface area contributed by atoms with Gasteiger partial charge in [0, 0.05) is 35.6 Å². The van der Waals surface area contributed by atoms with Crippen molar-refractivity contribution in [1.82, 2.24) is 0 Å². The summed E-state index contributed by atoms with van der Waals surface area (Å²) in [6.07, 6.45) is 4.19. The summed E-state index contributed by atoms with van der Waals surface area (Å²) in [4.78, 5) is 13.2. The van der Waals surface area contributed by atoms with E-state index < -0.39 is 0 Å². The Morgan fingerprint density at radius 1 is 0.500 bits per heavy atom. The summed E-state index contributed by atoms with van der Waals surface area (Å²) < 4.78 is 0. The Morgan fingerprint density at radius 2 is 0.941 bits per heavy atom. The van der Waals surface area contributed by atoms with Crippen LogP contribution in [0.3, 0.4) is 0 Å². The van der Waals surface area contributed by atoms with Crippen molar-refractivity contribution in [1.29, 1.82) is 0 Å². The summed E-state index contributed by atoms with van der Waals surface area (Å²) in [6, 6.07) is 33.4. The standard InChI is InChI=1S/C31H30N2O/c34-31-29-21-25(32-19-7-13-23-9-3-1-4-10-23)15-17-27(29)28-18-16-26(22-30(28)31)33-20-8-14-24-11-5-2-6-12-24/h1-6,9-12,15-18,21-22,32-33H,7-8,13-14,19-20H2. The van der Waals surface area contributed by atoms with Crippen molar-refractivity contribution < 1.29 is 4.79 Å². The van der Waals surface area contributed by atoms with Crippen molar-refractivity contribution in [2.45, 2.75) is 25.7 Å². The molecular weight excluding hydrogens is 416 g/mol. The maximum absolute atomic E-state index is 13.2. The molecule has 0 radical (unpaired) electrons. The van der Waals surface area contributed by atoms with Gasteiger partial charge >= 0.3 is 0 Å². The predicted molar refractivity (Wildman–Crippen MR) is 142 cm³/mol. The minimum absolute atomic E-state index is 0.117. The zero-order valence-corrected chi connectivity index (χ0v) is 19.4. The van der Waals surface area contributed by atoms with Crippen LogP contribution in [0.5, 0.6) is 0 Å². The molecule has 170 valence electrons. The molecule has 0 fully saturated rings. The topological polar surface area (TPSA) is 41.1 Å². The Labute approximate surface area is 201 Å². The van der Waals surface area contributed by atoms with Gasteiger partial charge in [0.25, 0.3) is 0 Å². The second-order valence-electron chi connectivity index (χ2n) is 8.88. The Kier molecular flexibility index (Phi) is 6.71. The molecule has 0 aliphatic heterocycles. The van der Waals surface area contributed by atoms with Crippen molar-refractivity contribution in [3.63, 3.8) is 0 Å². The van der Waals surface area contributed by atoms with Crippen LogP contribution in [0, 0.1) is 0 Å². The number of benzene rings is 4. The van der Waals surface area contributed by atoms with Crippen molar-refractivity contribution >= 4 is 17.2 Å². The normalized spacial score (nSPS) is 11.7. The third-order valence-electron chi connectivity index (χ3n) is 6.45. The lowest BCUT2D eigenvalue weighted by atomic mass is 10.0. The average Bonchev–Trinajstić information content (AvgIpc) is 3.16. The maximum atomic E-state index is 13.2. The van der Waals surface area contributed by atoms with Gasteiger partial charge in [-0.05, 0) is 72.2 Å². The number of fused-ring (bicyclic) bond motifs is 3. The van der Waals surface area contributed by atoms with Gasteiger partial charge in [0.15, 0.2) is 5.78 Å². The Bertz CT molecular complexity index is 1170. The molecule has 4 aromatic carbocycles. The molecule has 0 saturated heterocycles. The molecule has 2 N–H and O–H groups in total. The van der Waals surface area contributed by atoms with Gasteiger partial charge in [-0.2, -0.15) is 0 Å². The van der Waals surface area contributed by atoms with E-state index in [-0.39, 0.29) is 5.78 Å². The van der Waals surface area contributed by atoms with Crippen molar-refractivity contribution in [3.8, 4) is 11.1 Å². The van der Waals surface area contributed by atoms with Crippen LogP contribution >= 0.6 is 0 Å². The summed E-state index contributed by atoms with van der Waals surface area (Å²) in [5, 5.41) is 6.97. The van der Waals surface area contributed by atoms with E-state index in [0.717, 1.165) is 72.4 Å². The first-order valence-corrected chi connectivity index (χ1v) is 12.2. The quantitative estimate of drug-likeness (QED) is 0.227. The van der Waals surface area contributed by atoms with Crippen LogP contribution in [0.4, 0.5) is 11.4 Å². The molecule has 0 unspecified atom stereocenters. The smallest absolute Gasteiger partial charge is 0.194 e. The summed E-state index contributed by atoms with van der Waals surface area (Å²) in [6.45, 7) is 1.76. The molecule has 0 atom stereocenters. The van der Waals surface area contributed by atoms with Gasteiger partial charge < -0.3 is 10.6 Å². The van der Waals surface area contributed by atoms with E-state index in [2.05, 4.69) is 83.4 Å². The van der Waals surface area contributed by atoms with Crippen LogP contribution in [0.25, 0.3) is 11.1 Å². The van der Waals surface area contributed by atoms with E-state index in [1.54, 1.807) is 0 Å². The highest BCUT2D eigenvalue weighted by molar-refractivity contribution is 6.22. The first kappa shape index (κ1) is 22.0. The van der Waals surface area contributed by atoms with Gasteiger partial charge in [-0.25, -0.2) is 0 Å². The lowest BCUT2D eigenvalue weighted by molar-refractivity contribution is 0.104. The van der Waals surface area contributed by atoms with E-state index in [0.29, 0.717) is 0 Å². The number of carbonyl (C=O) groups is 1. The van der Waals surface area contributed by atoms with E-state index in [1.165, 1.54) is 11.1 Å². The molecule has 34 heavy (non-hydrogen) atoms. The first-order chi connectivity index (χ1) is 16.8. The average molecular weight is 447 g/mol. The molecule has 1 aliphatic rings. The molecule has 5 rings (SSSR count). The van der Waals surface area contributed by atoms with Gasteiger partial charge in [-0.3, -0.25) is 4.79 Å². The van der Waals surface area contributed by atoms with Crippen LogP contribution in [-0.2, 0) is 12.8 Å². The molecule has 3 nitrogen and oxygen atoms in total. The molecular formula is C31H30N2O. The largest absolute Gasteiger partial charge is 0.385 e. The van der Waals surface area contributed by atoms with Crippen LogP contribution in [-0.4, -0.2) is 18.9 Å². The van der Waals surface area contributed by atoms with Crippen LogP contribution < -0.4 is 10.6 Å². The molecule has 0 amide bonds. The first-order valence-electron chi connectivity index (χ1n) is 12.2. The fourth-order valence-corrected chi connectivity index (χ4v) is 4.64. The fourth-order valence-electron chi connectivity index (χ4n) is 4.64. The molecule has 0 heterocycles. The van der Waals surface area contributed by atoms with E-state index in [9.17, 15) is 4.79 Å². The highest BCUT2D eigenvalue weighted by Gasteiger charge is 2.27. The summed E-state index contributed by atoms with van der Waals surface area (Å²) in [5.74, 6) is 0.117. The van der Waals surface area contributed by atoms with Gasteiger partial charge in [0.2, 0.25) is 0 Å². The number of anilines is 2. The highest BCUT2D eigenvalue weighted by Crippen LogP contribution is 2.39. The van der Waals surface area contributed by atoms with Crippen molar-refractivity contribution in [3.05, 3.63) is 119 Å². The highest BCUT2D eigenvalue weighted by atomic mass is 16.1. The molecule has 0 aromatic heterocycles. The van der Waals surface area contributed by atoms with Gasteiger partial charge in [0.1, 0.15) is 0 Å². The summed E-state index contributed by atoms with van der Waals surface area (Å²) >= 11 is 0. The third kappa shape index (κ3) is 5.04. The molecule has 4 aromatic rings. The second kappa shape index (κ2) is 10.4. The molecule has 1 aliphatic carbocycles. The Morgan fingerprint density at radius 3 is 1.38 bits per heavy atom. The number of aryl methyl sites for hydroxylation is 2. The maximum Gasteiger partial charge on any atom is 0.194 e. The number of rotatable bonds is 10. The van der Waals surface area contributed by atoms with E-state index >= 15 is 0 Å². The van der Waals surface area contributed by atoms with Gasteiger partial charge in [-0.15, -0.1) is 0 Å². The van der Waals surface area contributed by atoms with Crippen LogP contribution in [0.15, 0.2) is 97.1 Å². The Balaban J connectivity index is 1.17. The van der Waals surface area contributed by atoms with E-state index in [1.807, 2.05) is 24.3 Å². The zero-order chi connectivity index (χ0) is 23.2. The number of carbonyl (C=O) groups excluding carboxylic acids is 1. The van der Waals surface area contributed by atoms with Crippen LogP contribution in [0.1, 0.15) is 39.9 Å². The molecule has 0 saturated carbocycles. The van der Waals surface area contributed by atoms with Gasteiger partial charge in [-0.1, -0.05) is 72.8 Å². The third-order valence-corrected chi connectivity index (χ3v) is 6.45. The number of ketones is 1. The number of nitrogens with one attached hydrogen (secondary N) is 2. The summed E-state index contributed by atoms with van der Waals surface area (Å²) in [5.41, 5.74) is 8.38. The van der Waals surface area contributed by atoms with Crippen LogP contribution in [0.2, 0.25) is 0 Å². The monoisotopic (exact) mass is 446 g/mol. The molecule has 3 heteroatoms. The minimum Gasteiger partial charge on any atom is -0.385 e. The SMILES string of the molecule is O=C1c2cc(NCCCc3ccccc3)ccc2-c2ccc(NCCCc3ccccc3)cc21. The zero-order valence-electron chi connectivity index (χ0n) is 19.4. The van der Waals surface area contributed by atoms with Crippen molar-refractivity contribution in [2.75, 3.05) is 23.7 Å². The predicted octanol–water partition coefficient (Wildman–Crippen LogP) is 6.99. The lowest BCUT2D eigenvalue weighted by Crippen LogP contribution is -2.05. The lowest BCUT2D eigenvalue weighted by Gasteiger charge is -2.09. The summed E-state index contributed by atoms with van der Waals surface area (Å²) in [7, 11) is 0. The number of hydrogen-bond donors (Lipinski definition) is 2. The fraction of sp³-hybridized carbons (Fsp3) is 0.194. The van der Waals surface area contributed by atoms with E-state index in [4.69, 9.17) is 0 Å². The molecule has 0 bridgehead atoms.